The standard InChI is InChI=1S/C18H31N2O9P/c1-6-17(3,29-30(26,27)18(4,25)7-2)8-11-12(21)13(22)14(28-11)10-9-19-16(24)20(5)15(10)23/h9,11-14,21-22,25H,6-8H2,1-5H3,(H,19,24)(H,26,27)/t11-,12-,13-,14?,17?,18?/m1/s1. The third-order valence-corrected chi connectivity index (χ3v) is 8.10. The van der Waals surface area contributed by atoms with E-state index in [0.717, 1.165) is 10.8 Å². The van der Waals surface area contributed by atoms with Gasteiger partial charge in [0.2, 0.25) is 0 Å². The molecule has 30 heavy (non-hydrogen) atoms. The van der Waals surface area contributed by atoms with Crippen molar-refractivity contribution in [2.45, 2.75) is 82.3 Å². The van der Waals surface area contributed by atoms with Crippen LogP contribution in [0.15, 0.2) is 15.8 Å². The zero-order valence-corrected chi connectivity index (χ0v) is 18.6. The van der Waals surface area contributed by atoms with Gasteiger partial charge in [0, 0.05) is 19.7 Å². The lowest BCUT2D eigenvalue weighted by Gasteiger charge is -2.37. The summed E-state index contributed by atoms with van der Waals surface area (Å²) in [7, 11) is -3.19. The van der Waals surface area contributed by atoms with Gasteiger partial charge in [-0.1, -0.05) is 13.8 Å². The van der Waals surface area contributed by atoms with E-state index in [1.807, 2.05) is 0 Å². The Hall–Kier alpha value is -1.33. The Bertz CT molecular complexity index is 927. The molecule has 0 amide bonds. The van der Waals surface area contributed by atoms with Crippen LogP contribution in [0.5, 0.6) is 0 Å². The SMILES string of the molecule is CCC(C)(C[C@H]1OC(c2c[nH]c(=O)n(C)c2=O)[C@H](O)[C@@H]1O)OP(=O)(O)C(C)(O)CC. The maximum atomic E-state index is 12.6. The molecule has 1 aromatic rings. The van der Waals surface area contributed by atoms with E-state index >= 15 is 0 Å². The Kier molecular flexibility index (Phi) is 7.20. The Balaban J connectivity index is 2.28. The minimum Gasteiger partial charge on any atom is -0.388 e. The second-order valence-electron chi connectivity index (χ2n) is 8.18. The van der Waals surface area contributed by atoms with Gasteiger partial charge in [-0.15, -0.1) is 0 Å². The third kappa shape index (κ3) is 4.62. The van der Waals surface area contributed by atoms with E-state index in [-0.39, 0.29) is 24.8 Å². The topological polar surface area (TPSA) is 171 Å². The van der Waals surface area contributed by atoms with Crippen LogP contribution in [0.2, 0.25) is 0 Å². The second kappa shape index (κ2) is 8.66. The molecule has 0 bridgehead atoms. The molecule has 4 unspecified atom stereocenters. The highest BCUT2D eigenvalue weighted by molar-refractivity contribution is 7.54. The van der Waals surface area contributed by atoms with E-state index < -0.39 is 54.2 Å². The van der Waals surface area contributed by atoms with Gasteiger partial charge in [0.05, 0.1) is 17.3 Å². The molecule has 5 N–H and O–H groups in total. The number of ether oxygens (including phenoxy) is 1. The number of aromatic amines is 1. The van der Waals surface area contributed by atoms with Gasteiger partial charge >= 0.3 is 13.3 Å². The molecule has 1 aliphatic rings. The lowest BCUT2D eigenvalue weighted by Crippen LogP contribution is -2.40. The first-order valence-electron chi connectivity index (χ1n) is 9.76. The van der Waals surface area contributed by atoms with E-state index in [1.54, 1.807) is 13.8 Å². The van der Waals surface area contributed by atoms with Crippen molar-refractivity contribution in [2.24, 2.45) is 7.05 Å². The summed E-state index contributed by atoms with van der Waals surface area (Å²) >= 11 is 0. The van der Waals surface area contributed by atoms with Crippen LogP contribution in [0.3, 0.4) is 0 Å². The summed E-state index contributed by atoms with van der Waals surface area (Å²) in [6.45, 7) is 5.99. The fourth-order valence-corrected chi connectivity index (χ4v) is 4.63. The molecular formula is C18H31N2O9P. The molecule has 2 heterocycles. The molecule has 1 saturated heterocycles. The number of nitrogens with one attached hydrogen (secondary N) is 1. The summed E-state index contributed by atoms with van der Waals surface area (Å²) in [6.07, 6.45) is -3.85. The molecule has 11 nitrogen and oxygen atoms in total. The van der Waals surface area contributed by atoms with Gasteiger partial charge in [-0.25, -0.2) is 4.79 Å². The fourth-order valence-electron chi connectivity index (χ4n) is 3.23. The van der Waals surface area contributed by atoms with Crippen molar-refractivity contribution in [3.05, 3.63) is 32.6 Å². The van der Waals surface area contributed by atoms with Crippen molar-refractivity contribution in [2.75, 3.05) is 0 Å². The number of hydrogen-bond acceptors (Lipinski definition) is 8. The Morgan fingerprint density at radius 2 is 1.83 bits per heavy atom. The van der Waals surface area contributed by atoms with Gasteiger partial charge in [-0.3, -0.25) is 13.9 Å². The predicted molar refractivity (Wildman–Crippen MR) is 107 cm³/mol. The van der Waals surface area contributed by atoms with Crippen molar-refractivity contribution in [1.29, 1.82) is 0 Å². The molecule has 1 aromatic heterocycles. The summed E-state index contributed by atoms with van der Waals surface area (Å²) in [4.78, 5) is 36.5. The van der Waals surface area contributed by atoms with Gasteiger partial charge < -0.3 is 34.5 Å². The average molecular weight is 450 g/mol. The largest absolute Gasteiger partial charge is 0.388 e. The van der Waals surface area contributed by atoms with Crippen LogP contribution in [0.4, 0.5) is 0 Å². The molecule has 0 aromatic carbocycles. The van der Waals surface area contributed by atoms with Crippen molar-refractivity contribution < 1.29 is 34.0 Å². The molecule has 172 valence electrons. The number of nitrogens with zero attached hydrogens (tertiary/aromatic N) is 1. The lowest BCUT2D eigenvalue weighted by atomic mass is 9.92. The van der Waals surface area contributed by atoms with Crippen LogP contribution in [0.1, 0.15) is 58.6 Å². The maximum Gasteiger partial charge on any atom is 0.359 e. The molecule has 0 spiro atoms. The zero-order valence-electron chi connectivity index (χ0n) is 17.7. The smallest absolute Gasteiger partial charge is 0.359 e. The summed E-state index contributed by atoms with van der Waals surface area (Å²) in [5.41, 5.74) is -2.63. The highest BCUT2D eigenvalue weighted by Crippen LogP contribution is 2.59. The van der Waals surface area contributed by atoms with Crippen molar-refractivity contribution in [3.63, 3.8) is 0 Å². The maximum absolute atomic E-state index is 12.6. The zero-order chi connectivity index (χ0) is 23.1. The fraction of sp³-hybridized carbons (Fsp3) is 0.778. The van der Waals surface area contributed by atoms with Crippen LogP contribution in [0, 0.1) is 0 Å². The first-order valence-corrected chi connectivity index (χ1v) is 11.3. The van der Waals surface area contributed by atoms with Crippen molar-refractivity contribution in [3.8, 4) is 0 Å². The van der Waals surface area contributed by atoms with E-state index in [4.69, 9.17) is 9.26 Å². The number of rotatable bonds is 8. The molecule has 0 saturated carbocycles. The number of aromatic nitrogens is 2. The first-order chi connectivity index (χ1) is 13.7. The summed E-state index contributed by atoms with van der Waals surface area (Å²) in [6, 6.07) is 0. The van der Waals surface area contributed by atoms with Crippen LogP contribution in [0.25, 0.3) is 0 Å². The molecule has 2 rings (SSSR count). The molecule has 1 aliphatic heterocycles. The number of H-pyrrole nitrogens is 1. The summed E-state index contributed by atoms with van der Waals surface area (Å²) in [5.74, 6) is 0. The van der Waals surface area contributed by atoms with E-state index in [2.05, 4.69) is 4.98 Å². The van der Waals surface area contributed by atoms with E-state index in [9.17, 15) is 34.4 Å². The molecule has 0 radical (unpaired) electrons. The number of hydrogen-bond donors (Lipinski definition) is 5. The lowest BCUT2D eigenvalue weighted by molar-refractivity contribution is -0.0533. The molecule has 12 heteroatoms. The first kappa shape index (κ1) is 24.9. The van der Waals surface area contributed by atoms with Crippen molar-refractivity contribution >= 4 is 7.60 Å². The van der Waals surface area contributed by atoms with Gasteiger partial charge in [-0.05, 0) is 26.7 Å². The van der Waals surface area contributed by atoms with Crippen LogP contribution < -0.4 is 11.2 Å². The Morgan fingerprint density at radius 3 is 2.37 bits per heavy atom. The molecule has 0 aliphatic carbocycles. The van der Waals surface area contributed by atoms with Gasteiger partial charge in [0.25, 0.3) is 5.56 Å². The van der Waals surface area contributed by atoms with Gasteiger partial charge in [-0.2, -0.15) is 0 Å². The monoisotopic (exact) mass is 450 g/mol. The highest BCUT2D eigenvalue weighted by atomic mass is 31.2. The van der Waals surface area contributed by atoms with E-state index in [0.29, 0.717) is 0 Å². The predicted octanol–water partition coefficient (Wildman–Crippen LogP) is 0.115. The molecule has 1 fully saturated rings. The van der Waals surface area contributed by atoms with Gasteiger partial charge in [0.15, 0.2) is 5.34 Å². The molecule has 7 atom stereocenters. The average Bonchev–Trinajstić information content (AvgIpc) is 2.93. The van der Waals surface area contributed by atoms with Crippen molar-refractivity contribution in [1.82, 2.24) is 9.55 Å². The normalized spacial score (nSPS) is 30.4. The number of aliphatic hydroxyl groups excluding tert-OH is 2. The minimum absolute atomic E-state index is 0.0145. The second-order valence-corrected chi connectivity index (χ2v) is 10.4. The molecular weight excluding hydrogens is 419 g/mol. The van der Waals surface area contributed by atoms with Crippen LogP contribution in [-0.4, -0.2) is 59.0 Å². The van der Waals surface area contributed by atoms with Crippen LogP contribution >= 0.6 is 7.60 Å². The minimum atomic E-state index is -4.46. The van der Waals surface area contributed by atoms with Gasteiger partial charge in [0.1, 0.15) is 18.3 Å². The summed E-state index contributed by atoms with van der Waals surface area (Å²) < 4.78 is 24.6. The Labute approximate surface area is 173 Å². The third-order valence-electron chi connectivity index (χ3n) is 5.88. The number of aliphatic hydroxyl groups is 3. The van der Waals surface area contributed by atoms with Crippen LogP contribution in [-0.2, 0) is 20.9 Å². The Morgan fingerprint density at radius 1 is 1.23 bits per heavy atom. The summed E-state index contributed by atoms with van der Waals surface area (Å²) in [5, 5.41) is 29.2. The highest BCUT2D eigenvalue weighted by Gasteiger charge is 2.50. The van der Waals surface area contributed by atoms with E-state index in [1.165, 1.54) is 20.9 Å². The quantitative estimate of drug-likeness (QED) is 0.345.